The molecule has 0 saturated heterocycles. The lowest BCUT2D eigenvalue weighted by atomic mass is 9.82. The fourth-order valence-corrected chi connectivity index (χ4v) is 1.98. The van der Waals surface area contributed by atoms with Crippen LogP contribution < -0.4 is 5.46 Å². The van der Waals surface area contributed by atoms with E-state index in [0.717, 1.165) is 6.26 Å². The summed E-state index contributed by atoms with van der Waals surface area (Å²) in [5, 5.41) is 17.7. The molecule has 0 aromatic carbocycles. The highest BCUT2D eigenvalue weighted by Crippen LogP contribution is 2.09. The molecule has 0 bridgehead atoms. The monoisotopic (exact) mass is 215 g/mol. The highest BCUT2D eigenvalue weighted by molar-refractivity contribution is 7.90. The van der Waals surface area contributed by atoms with Crippen LogP contribution in [0, 0.1) is 6.92 Å². The van der Waals surface area contributed by atoms with Crippen LogP contribution in [-0.4, -0.2) is 36.8 Å². The average Bonchev–Trinajstić information content (AvgIpc) is 2.02. The van der Waals surface area contributed by atoms with Gasteiger partial charge >= 0.3 is 7.12 Å². The Balaban J connectivity index is 3.37. The molecule has 1 rings (SSSR count). The van der Waals surface area contributed by atoms with Gasteiger partial charge in [-0.15, -0.1) is 0 Å². The van der Waals surface area contributed by atoms with E-state index in [2.05, 4.69) is 4.98 Å². The second-order valence-corrected chi connectivity index (χ2v) is 4.98. The first kappa shape index (κ1) is 11.2. The lowest BCUT2D eigenvalue weighted by molar-refractivity contribution is 0.425. The van der Waals surface area contributed by atoms with Crippen molar-refractivity contribution in [3.8, 4) is 0 Å². The summed E-state index contributed by atoms with van der Waals surface area (Å²) < 4.78 is 22.5. The molecule has 1 aromatic heterocycles. The minimum atomic E-state index is -3.37. The Bertz CT molecular complexity index is 443. The van der Waals surface area contributed by atoms with Crippen molar-refractivity contribution in [1.82, 2.24) is 4.98 Å². The van der Waals surface area contributed by atoms with Crippen molar-refractivity contribution in [3.63, 3.8) is 0 Å². The molecular weight excluding hydrogens is 205 g/mol. The van der Waals surface area contributed by atoms with Gasteiger partial charge < -0.3 is 10.0 Å². The zero-order valence-corrected chi connectivity index (χ0v) is 8.61. The fraction of sp³-hybridized carbons (Fsp3) is 0.286. The third kappa shape index (κ3) is 2.31. The van der Waals surface area contributed by atoms with Gasteiger partial charge in [0, 0.05) is 17.9 Å². The van der Waals surface area contributed by atoms with Crippen LogP contribution in [0.3, 0.4) is 0 Å². The Hall–Kier alpha value is -0.915. The largest absolute Gasteiger partial charge is 0.490 e. The number of pyridine rings is 1. The summed E-state index contributed by atoms with van der Waals surface area (Å²) in [6.07, 6.45) is 2.28. The topological polar surface area (TPSA) is 87.5 Å². The van der Waals surface area contributed by atoms with E-state index in [9.17, 15) is 8.42 Å². The first-order valence-corrected chi connectivity index (χ1v) is 5.74. The standard InChI is InChI=1S/C7H10BNO4S/c1-5-7(14(2,12)13)3-6(4-9-5)8(10)11/h3-4,10-11H,1-2H3. The van der Waals surface area contributed by atoms with Crippen molar-refractivity contribution >= 4 is 22.4 Å². The molecule has 1 aromatic rings. The molecule has 0 aliphatic rings. The van der Waals surface area contributed by atoms with Crippen LogP contribution in [0.4, 0.5) is 0 Å². The number of aryl methyl sites for hydroxylation is 1. The van der Waals surface area contributed by atoms with Gasteiger partial charge in [-0.2, -0.15) is 0 Å². The molecule has 14 heavy (non-hydrogen) atoms. The number of aromatic nitrogens is 1. The van der Waals surface area contributed by atoms with Gasteiger partial charge in [-0.3, -0.25) is 4.98 Å². The Kier molecular flexibility index (Phi) is 2.93. The van der Waals surface area contributed by atoms with Crippen LogP contribution in [0.1, 0.15) is 5.69 Å². The van der Waals surface area contributed by atoms with Gasteiger partial charge in [0.15, 0.2) is 9.84 Å². The number of sulfone groups is 1. The van der Waals surface area contributed by atoms with E-state index in [1.54, 1.807) is 6.92 Å². The lowest BCUT2D eigenvalue weighted by Crippen LogP contribution is -2.31. The number of hydrogen-bond donors (Lipinski definition) is 2. The maximum absolute atomic E-state index is 11.2. The lowest BCUT2D eigenvalue weighted by Gasteiger charge is -2.05. The predicted octanol–water partition coefficient (Wildman–Crippen LogP) is -1.53. The van der Waals surface area contributed by atoms with Crippen LogP contribution in [-0.2, 0) is 9.84 Å². The molecule has 0 spiro atoms. The van der Waals surface area contributed by atoms with Crippen molar-refractivity contribution in [3.05, 3.63) is 18.0 Å². The third-order valence-electron chi connectivity index (χ3n) is 1.76. The second kappa shape index (κ2) is 3.68. The Morgan fingerprint density at radius 3 is 2.43 bits per heavy atom. The van der Waals surface area contributed by atoms with Gasteiger partial charge in [0.05, 0.1) is 10.6 Å². The van der Waals surface area contributed by atoms with Crippen LogP contribution in [0.2, 0.25) is 0 Å². The smallest absolute Gasteiger partial charge is 0.423 e. The Morgan fingerprint density at radius 1 is 1.43 bits per heavy atom. The minimum Gasteiger partial charge on any atom is -0.423 e. The molecule has 0 saturated carbocycles. The van der Waals surface area contributed by atoms with E-state index in [0.29, 0.717) is 5.69 Å². The van der Waals surface area contributed by atoms with Crippen LogP contribution in [0.5, 0.6) is 0 Å². The molecule has 0 amide bonds. The molecule has 2 N–H and O–H groups in total. The van der Waals surface area contributed by atoms with Gasteiger partial charge in [0.1, 0.15) is 0 Å². The number of rotatable bonds is 2. The molecule has 0 unspecified atom stereocenters. The Labute approximate surface area is 82.5 Å². The normalized spacial score (nSPS) is 11.4. The molecule has 0 aliphatic heterocycles. The molecule has 0 radical (unpaired) electrons. The van der Waals surface area contributed by atoms with E-state index in [1.807, 2.05) is 0 Å². The van der Waals surface area contributed by atoms with Gasteiger partial charge in [-0.1, -0.05) is 0 Å². The second-order valence-electron chi connectivity index (χ2n) is 3.00. The number of nitrogens with zero attached hydrogens (tertiary/aromatic N) is 1. The van der Waals surface area contributed by atoms with Crippen LogP contribution >= 0.6 is 0 Å². The van der Waals surface area contributed by atoms with Gasteiger partial charge in [-0.25, -0.2) is 8.42 Å². The first-order chi connectivity index (χ1) is 6.32. The highest BCUT2D eigenvalue weighted by atomic mass is 32.2. The summed E-state index contributed by atoms with van der Waals surface area (Å²) in [4.78, 5) is 3.78. The first-order valence-electron chi connectivity index (χ1n) is 3.85. The van der Waals surface area contributed by atoms with Crippen molar-refractivity contribution in [2.45, 2.75) is 11.8 Å². The van der Waals surface area contributed by atoms with Gasteiger partial charge in [0.2, 0.25) is 0 Å². The summed E-state index contributed by atoms with van der Waals surface area (Å²) in [5.41, 5.74) is 0.410. The van der Waals surface area contributed by atoms with Crippen LogP contribution in [0.15, 0.2) is 17.2 Å². The zero-order valence-electron chi connectivity index (χ0n) is 7.80. The average molecular weight is 215 g/mol. The predicted molar refractivity (Wildman–Crippen MR) is 51.9 cm³/mol. The molecule has 1 heterocycles. The summed E-state index contributed by atoms with van der Waals surface area (Å²) in [6.45, 7) is 1.55. The van der Waals surface area contributed by atoms with E-state index in [4.69, 9.17) is 10.0 Å². The van der Waals surface area contributed by atoms with E-state index in [-0.39, 0.29) is 10.4 Å². The maximum atomic E-state index is 11.2. The molecule has 5 nitrogen and oxygen atoms in total. The highest BCUT2D eigenvalue weighted by Gasteiger charge is 2.17. The minimum absolute atomic E-state index is 0.0168. The molecule has 0 aliphatic carbocycles. The molecular formula is C7H10BNO4S. The molecule has 0 fully saturated rings. The summed E-state index contributed by atoms with van der Waals surface area (Å²) >= 11 is 0. The van der Waals surface area contributed by atoms with E-state index in [1.165, 1.54) is 12.3 Å². The summed E-state index contributed by atoms with van der Waals surface area (Å²) in [5.74, 6) is 0. The van der Waals surface area contributed by atoms with E-state index >= 15 is 0 Å². The van der Waals surface area contributed by atoms with Crippen molar-refractivity contribution in [1.29, 1.82) is 0 Å². The SMILES string of the molecule is Cc1ncc(B(O)O)cc1S(C)(=O)=O. The van der Waals surface area contributed by atoms with E-state index < -0.39 is 17.0 Å². The quantitative estimate of drug-likeness (QED) is 0.584. The maximum Gasteiger partial charge on any atom is 0.490 e. The van der Waals surface area contributed by atoms with Crippen molar-refractivity contribution < 1.29 is 18.5 Å². The van der Waals surface area contributed by atoms with Crippen molar-refractivity contribution in [2.75, 3.05) is 6.26 Å². The van der Waals surface area contributed by atoms with Gasteiger partial charge in [0.25, 0.3) is 0 Å². The molecule has 0 atom stereocenters. The fourth-order valence-electron chi connectivity index (χ4n) is 1.04. The zero-order chi connectivity index (χ0) is 10.9. The number of hydrogen-bond acceptors (Lipinski definition) is 5. The Morgan fingerprint density at radius 2 is 2.00 bits per heavy atom. The molecule has 76 valence electrons. The van der Waals surface area contributed by atoms with Crippen molar-refractivity contribution in [2.24, 2.45) is 0 Å². The van der Waals surface area contributed by atoms with Gasteiger partial charge in [-0.05, 0) is 13.0 Å². The molecule has 7 heteroatoms. The summed E-state index contributed by atoms with van der Waals surface area (Å²) in [7, 11) is -5.08. The third-order valence-corrected chi connectivity index (χ3v) is 2.97. The summed E-state index contributed by atoms with van der Waals surface area (Å²) in [6, 6.07) is 1.21. The van der Waals surface area contributed by atoms with Crippen LogP contribution in [0.25, 0.3) is 0 Å².